The zero-order valence-corrected chi connectivity index (χ0v) is 10.5. The molecule has 0 amide bonds. The topological polar surface area (TPSA) is 56.3 Å². The van der Waals surface area contributed by atoms with Gasteiger partial charge in [-0.1, -0.05) is 6.92 Å². The maximum Gasteiger partial charge on any atom is 0.316 e. The molecular formula is C11H15NO3S. The van der Waals surface area contributed by atoms with Crippen LogP contribution >= 0.6 is 11.3 Å². The number of hydrogen-bond acceptors (Lipinski definition) is 5. The van der Waals surface area contributed by atoms with Gasteiger partial charge in [-0.3, -0.25) is 9.59 Å². The molecule has 0 radical (unpaired) electrons. The van der Waals surface area contributed by atoms with Crippen LogP contribution in [0.3, 0.4) is 0 Å². The quantitative estimate of drug-likeness (QED) is 0.582. The van der Waals surface area contributed by atoms with Gasteiger partial charge >= 0.3 is 5.97 Å². The fraction of sp³-hybridized carbons (Fsp3) is 0.545. The van der Waals surface area contributed by atoms with Crippen LogP contribution in [0.1, 0.15) is 24.0 Å². The first-order valence-electron chi connectivity index (χ1n) is 5.10. The van der Waals surface area contributed by atoms with E-state index in [-0.39, 0.29) is 12.2 Å². The van der Waals surface area contributed by atoms with Gasteiger partial charge in [-0.25, -0.2) is 4.98 Å². The van der Waals surface area contributed by atoms with Gasteiger partial charge in [-0.2, -0.15) is 0 Å². The number of thiazole rings is 1. The molecule has 1 heterocycles. The Kier molecular flexibility index (Phi) is 4.61. The second kappa shape index (κ2) is 5.75. The maximum absolute atomic E-state index is 11.8. The summed E-state index contributed by atoms with van der Waals surface area (Å²) in [5, 5.41) is 2.65. The van der Waals surface area contributed by atoms with E-state index in [0.29, 0.717) is 6.42 Å². The summed E-state index contributed by atoms with van der Waals surface area (Å²) in [6.07, 6.45) is 0.683. The van der Waals surface area contributed by atoms with Crippen LogP contribution < -0.4 is 0 Å². The van der Waals surface area contributed by atoms with E-state index in [9.17, 15) is 9.59 Å². The number of carbonyl (C=O) groups is 2. The minimum absolute atomic E-state index is 0.122. The number of esters is 1. The highest BCUT2D eigenvalue weighted by Gasteiger charge is 2.25. The molecule has 16 heavy (non-hydrogen) atoms. The Morgan fingerprint density at radius 2 is 2.25 bits per heavy atom. The van der Waals surface area contributed by atoms with E-state index in [4.69, 9.17) is 0 Å². The average Bonchev–Trinajstić information content (AvgIpc) is 2.64. The number of hydrogen-bond donors (Lipinski definition) is 0. The average molecular weight is 241 g/mol. The van der Waals surface area contributed by atoms with E-state index < -0.39 is 11.9 Å². The standard InChI is InChI=1S/C11H15NO3S/c1-4-8(11(14)15-3)9(13)5-10-12-7(2)6-16-10/h6,8H,4-5H2,1-3H3. The van der Waals surface area contributed by atoms with Crippen molar-refractivity contribution in [2.24, 2.45) is 5.92 Å². The van der Waals surface area contributed by atoms with Crippen molar-refractivity contribution in [3.63, 3.8) is 0 Å². The minimum atomic E-state index is -0.658. The Morgan fingerprint density at radius 3 is 2.69 bits per heavy atom. The van der Waals surface area contributed by atoms with E-state index in [2.05, 4.69) is 9.72 Å². The summed E-state index contributed by atoms with van der Waals surface area (Å²) < 4.78 is 4.59. The summed E-state index contributed by atoms with van der Waals surface area (Å²) in [6.45, 7) is 3.68. The Morgan fingerprint density at radius 1 is 1.56 bits per heavy atom. The van der Waals surface area contributed by atoms with E-state index in [0.717, 1.165) is 10.7 Å². The Bertz CT molecular complexity index is 386. The molecule has 0 fully saturated rings. The molecule has 0 bridgehead atoms. The number of aromatic nitrogens is 1. The molecule has 0 spiro atoms. The lowest BCUT2D eigenvalue weighted by Gasteiger charge is -2.09. The van der Waals surface area contributed by atoms with Crippen LogP contribution in [0.4, 0.5) is 0 Å². The maximum atomic E-state index is 11.8. The number of Topliss-reactive ketones (excluding diaryl/α,β-unsaturated/α-hetero) is 1. The van der Waals surface area contributed by atoms with Crippen LogP contribution in [0, 0.1) is 12.8 Å². The van der Waals surface area contributed by atoms with Crippen molar-refractivity contribution in [2.45, 2.75) is 26.7 Å². The number of ether oxygens (including phenoxy) is 1. The molecule has 0 saturated carbocycles. The van der Waals surface area contributed by atoms with Crippen LogP contribution in [-0.2, 0) is 20.7 Å². The highest BCUT2D eigenvalue weighted by Crippen LogP contribution is 2.14. The predicted octanol–water partition coefficient (Wildman–Crippen LogP) is 1.76. The monoisotopic (exact) mass is 241 g/mol. The zero-order chi connectivity index (χ0) is 12.1. The van der Waals surface area contributed by atoms with Crippen molar-refractivity contribution in [3.05, 3.63) is 16.1 Å². The summed E-state index contributed by atoms with van der Waals surface area (Å²) in [7, 11) is 1.30. The highest BCUT2D eigenvalue weighted by molar-refractivity contribution is 7.09. The van der Waals surface area contributed by atoms with Crippen LogP contribution in [0.2, 0.25) is 0 Å². The molecule has 0 aliphatic heterocycles. The first-order valence-corrected chi connectivity index (χ1v) is 5.98. The fourth-order valence-corrected chi connectivity index (χ4v) is 2.21. The Hall–Kier alpha value is -1.23. The molecular weight excluding hydrogens is 226 g/mol. The van der Waals surface area contributed by atoms with Crippen LogP contribution in [0.15, 0.2) is 5.38 Å². The van der Waals surface area contributed by atoms with Crippen molar-refractivity contribution >= 4 is 23.1 Å². The first kappa shape index (κ1) is 12.8. The van der Waals surface area contributed by atoms with Crippen molar-refractivity contribution in [2.75, 3.05) is 7.11 Å². The molecule has 1 rings (SSSR count). The van der Waals surface area contributed by atoms with E-state index in [1.165, 1.54) is 18.4 Å². The normalized spacial score (nSPS) is 12.2. The van der Waals surface area contributed by atoms with Crippen LogP contribution in [0.5, 0.6) is 0 Å². The largest absolute Gasteiger partial charge is 0.468 e. The lowest BCUT2D eigenvalue weighted by Crippen LogP contribution is -2.26. The first-order chi connectivity index (χ1) is 7.58. The molecule has 4 nitrogen and oxygen atoms in total. The van der Waals surface area contributed by atoms with Crippen molar-refractivity contribution in [3.8, 4) is 0 Å². The van der Waals surface area contributed by atoms with Crippen molar-refractivity contribution < 1.29 is 14.3 Å². The smallest absolute Gasteiger partial charge is 0.316 e. The number of aryl methyl sites for hydroxylation is 1. The third kappa shape index (κ3) is 3.13. The van der Waals surface area contributed by atoms with Gasteiger partial charge in [-0.15, -0.1) is 11.3 Å². The molecule has 5 heteroatoms. The number of methoxy groups -OCH3 is 1. The SMILES string of the molecule is CCC(C(=O)Cc1nc(C)cs1)C(=O)OC. The van der Waals surface area contributed by atoms with Gasteiger partial charge in [0.05, 0.1) is 13.5 Å². The number of carbonyl (C=O) groups excluding carboxylic acids is 2. The molecule has 1 unspecified atom stereocenters. The van der Waals surface area contributed by atoms with Gasteiger partial charge in [0.2, 0.25) is 0 Å². The molecule has 0 aliphatic carbocycles. The van der Waals surface area contributed by atoms with Gasteiger partial charge in [0, 0.05) is 11.1 Å². The second-order valence-electron chi connectivity index (χ2n) is 3.51. The highest BCUT2D eigenvalue weighted by atomic mass is 32.1. The van der Waals surface area contributed by atoms with Crippen LogP contribution in [0.25, 0.3) is 0 Å². The third-order valence-corrected chi connectivity index (χ3v) is 3.24. The molecule has 0 aliphatic rings. The van der Waals surface area contributed by atoms with Gasteiger partial charge < -0.3 is 4.74 Å². The molecule has 1 aromatic rings. The summed E-state index contributed by atoms with van der Waals surface area (Å²) in [5.74, 6) is -1.24. The molecule has 0 saturated heterocycles. The summed E-state index contributed by atoms with van der Waals surface area (Å²) >= 11 is 1.44. The van der Waals surface area contributed by atoms with Crippen molar-refractivity contribution in [1.82, 2.24) is 4.98 Å². The Balaban J connectivity index is 2.66. The predicted molar refractivity (Wildman–Crippen MR) is 61.4 cm³/mol. The molecule has 0 aromatic carbocycles. The van der Waals surface area contributed by atoms with Gasteiger partial charge in [0.25, 0.3) is 0 Å². The van der Waals surface area contributed by atoms with Crippen molar-refractivity contribution in [1.29, 1.82) is 0 Å². The molecule has 1 aromatic heterocycles. The summed E-state index contributed by atoms with van der Waals surface area (Å²) in [5.41, 5.74) is 0.902. The van der Waals surface area contributed by atoms with Gasteiger partial charge in [0.1, 0.15) is 10.9 Å². The van der Waals surface area contributed by atoms with E-state index in [1.807, 2.05) is 12.3 Å². The van der Waals surface area contributed by atoms with Gasteiger partial charge in [-0.05, 0) is 13.3 Å². The molecule has 88 valence electrons. The lowest BCUT2D eigenvalue weighted by atomic mass is 9.99. The van der Waals surface area contributed by atoms with E-state index in [1.54, 1.807) is 6.92 Å². The number of nitrogens with zero attached hydrogens (tertiary/aromatic N) is 1. The number of ketones is 1. The summed E-state index contributed by atoms with van der Waals surface area (Å²) in [4.78, 5) is 27.3. The second-order valence-corrected chi connectivity index (χ2v) is 4.45. The fourth-order valence-electron chi connectivity index (χ4n) is 1.42. The lowest BCUT2D eigenvalue weighted by molar-refractivity contribution is -0.149. The third-order valence-electron chi connectivity index (χ3n) is 2.27. The van der Waals surface area contributed by atoms with Gasteiger partial charge in [0.15, 0.2) is 5.78 Å². The molecule has 1 atom stereocenters. The summed E-state index contributed by atoms with van der Waals surface area (Å²) in [6, 6.07) is 0. The van der Waals surface area contributed by atoms with Crippen LogP contribution in [-0.4, -0.2) is 23.8 Å². The minimum Gasteiger partial charge on any atom is -0.468 e. The zero-order valence-electron chi connectivity index (χ0n) is 9.65. The Labute approximate surface area is 98.6 Å². The van der Waals surface area contributed by atoms with E-state index >= 15 is 0 Å². The number of rotatable bonds is 5. The molecule has 0 N–H and O–H groups in total.